The van der Waals surface area contributed by atoms with Gasteiger partial charge in [-0.15, -0.1) is 5.10 Å². The van der Waals surface area contributed by atoms with E-state index in [-0.39, 0.29) is 11.7 Å². The molecule has 1 aliphatic carbocycles. The number of piperidine rings is 1. The van der Waals surface area contributed by atoms with Crippen LogP contribution in [0.2, 0.25) is 0 Å². The highest BCUT2D eigenvalue weighted by atomic mass is 19.1. The van der Waals surface area contributed by atoms with Crippen LogP contribution >= 0.6 is 0 Å². The van der Waals surface area contributed by atoms with Crippen LogP contribution in [0.3, 0.4) is 0 Å². The number of hydrogen-bond donors (Lipinski definition) is 2. The predicted molar refractivity (Wildman–Crippen MR) is 136 cm³/mol. The summed E-state index contributed by atoms with van der Waals surface area (Å²) >= 11 is 0. The van der Waals surface area contributed by atoms with Gasteiger partial charge in [-0.25, -0.2) is 9.07 Å². The van der Waals surface area contributed by atoms with Crippen LogP contribution in [0.5, 0.6) is 0 Å². The Morgan fingerprint density at radius 2 is 1.80 bits per heavy atom. The summed E-state index contributed by atoms with van der Waals surface area (Å²) in [5.74, 6) is 0.778. The van der Waals surface area contributed by atoms with Crippen molar-refractivity contribution in [1.82, 2.24) is 9.78 Å². The Morgan fingerprint density at radius 1 is 1.03 bits per heavy atom. The van der Waals surface area contributed by atoms with Crippen molar-refractivity contribution >= 4 is 11.5 Å². The molecule has 0 saturated carbocycles. The van der Waals surface area contributed by atoms with Crippen molar-refractivity contribution in [2.24, 2.45) is 5.92 Å². The second kappa shape index (κ2) is 10.3. The van der Waals surface area contributed by atoms with E-state index in [1.54, 1.807) is 6.07 Å². The lowest BCUT2D eigenvalue weighted by atomic mass is 9.94. The van der Waals surface area contributed by atoms with Crippen LogP contribution < -0.4 is 10.2 Å². The van der Waals surface area contributed by atoms with Gasteiger partial charge in [0.25, 0.3) is 0 Å². The summed E-state index contributed by atoms with van der Waals surface area (Å²) < 4.78 is 16.3. The summed E-state index contributed by atoms with van der Waals surface area (Å²) in [6.07, 6.45) is 9.16. The first-order valence-corrected chi connectivity index (χ1v) is 12.3. The molecule has 6 nitrogen and oxygen atoms in total. The molecule has 3 aromatic rings. The third kappa shape index (κ3) is 5.23. The summed E-state index contributed by atoms with van der Waals surface area (Å²) in [6.45, 7) is 2.51. The molecule has 35 heavy (non-hydrogen) atoms. The van der Waals surface area contributed by atoms with Gasteiger partial charge in [0.15, 0.2) is 0 Å². The number of anilines is 2. The number of hydrogen-bond acceptors (Lipinski definition) is 5. The maximum Gasteiger partial charge on any atom is 0.149 e. The number of aliphatic hydroxyl groups excluding tert-OH is 1. The minimum Gasteiger partial charge on any atom is -0.393 e. The van der Waals surface area contributed by atoms with E-state index in [2.05, 4.69) is 34.5 Å². The molecule has 0 bridgehead atoms. The molecule has 5 rings (SSSR count). The lowest BCUT2D eigenvalue weighted by Gasteiger charge is -2.31. The molecular formula is C28H30FN5O. The molecule has 1 saturated heterocycles. The van der Waals surface area contributed by atoms with E-state index in [1.807, 2.05) is 29.0 Å². The second-order valence-electron chi connectivity index (χ2n) is 9.40. The maximum absolute atomic E-state index is 14.5. The van der Waals surface area contributed by atoms with Gasteiger partial charge < -0.3 is 15.3 Å². The first-order valence-electron chi connectivity index (χ1n) is 12.3. The number of rotatable bonds is 6. The fraction of sp³-hybridized carbons (Fsp3) is 0.357. The quantitative estimate of drug-likeness (QED) is 0.479. The maximum atomic E-state index is 14.5. The lowest BCUT2D eigenvalue weighted by Crippen LogP contribution is -2.35. The molecule has 1 aromatic heterocycles. The fourth-order valence-corrected chi connectivity index (χ4v) is 4.85. The Kier molecular flexibility index (Phi) is 6.82. The van der Waals surface area contributed by atoms with E-state index in [1.165, 1.54) is 12.1 Å². The minimum atomic E-state index is -0.538. The first kappa shape index (κ1) is 23.1. The fourth-order valence-electron chi connectivity index (χ4n) is 4.85. The highest BCUT2D eigenvalue weighted by molar-refractivity contribution is 5.67. The van der Waals surface area contributed by atoms with E-state index in [9.17, 15) is 9.50 Å². The Labute approximate surface area is 205 Å². The van der Waals surface area contributed by atoms with Gasteiger partial charge in [-0.3, -0.25) is 0 Å². The number of nitrogens with one attached hydrogen (secondary N) is 1. The third-order valence-electron chi connectivity index (χ3n) is 6.97. The molecule has 1 atom stereocenters. The van der Waals surface area contributed by atoms with Crippen LogP contribution in [-0.2, 0) is 0 Å². The number of aliphatic hydroxyl groups is 1. The van der Waals surface area contributed by atoms with Crippen molar-refractivity contribution < 1.29 is 9.50 Å². The van der Waals surface area contributed by atoms with Gasteiger partial charge in [-0.05, 0) is 74.4 Å². The van der Waals surface area contributed by atoms with Crippen LogP contribution in [0.4, 0.5) is 15.9 Å². The van der Waals surface area contributed by atoms with Crippen molar-refractivity contribution in [2.45, 2.75) is 38.2 Å². The molecule has 2 aromatic carbocycles. The smallest absolute Gasteiger partial charge is 0.149 e. The van der Waals surface area contributed by atoms with Gasteiger partial charge in [0, 0.05) is 37.0 Å². The highest BCUT2D eigenvalue weighted by Crippen LogP contribution is 2.29. The summed E-state index contributed by atoms with van der Waals surface area (Å²) in [5, 5.41) is 27.2. The van der Waals surface area contributed by atoms with E-state index in [0.717, 1.165) is 74.6 Å². The average molecular weight is 472 g/mol. The Hall–Kier alpha value is -3.63. The molecule has 0 radical (unpaired) electrons. The van der Waals surface area contributed by atoms with Crippen LogP contribution in [0.25, 0.3) is 16.9 Å². The minimum absolute atomic E-state index is 0.0273. The number of aromatic nitrogens is 2. The molecule has 0 spiro atoms. The SMILES string of the molecule is N#Cc1ccc(-c2cc(NCC3CC=CCC3)nn2-c2ccc(N3CCC(O)CC3)cc2)cc1F. The molecular weight excluding hydrogens is 441 g/mol. The van der Waals surface area contributed by atoms with E-state index in [4.69, 9.17) is 10.4 Å². The number of benzene rings is 2. The molecule has 1 aliphatic heterocycles. The number of allylic oxidation sites excluding steroid dienone is 2. The number of halogens is 1. The molecule has 180 valence electrons. The van der Waals surface area contributed by atoms with Gasteiger partial charge in [0.05, 0.1) is 23.0 Å². The summed E-state index contributed by atoms with van der Waals surface area (Å²) in [5.41, 5.74) is 3.44. The number of nitriles is 1. The van der Waals surface area contributed by atoms with Gasteiger partial charge in [-0.2, -0.15) is 5.26 Å². The zero-order valence-corrected chi connectivity index (χ0v) is 19.7. The van der Waals surface area contributed by atoms with Crippen LogP contribution in [0, 0.1) is 23.1 Å². The summed E-state index contributed by atoms with van der Waals surface area (Å²) in [6, 6.07) is 16.7. The molecule has 1 fully saturated rings. The molecule has 0 amide bonds. The van der Waals surface area contributed by atoms with Gasteiger partial charge in [0.1, 0.15) is 17.7 Å². The van der Waals surface area contributed by atoms with E-state index >= 15 is 0 Å². The highest BCUT2D eigenvalue weighted by Gasteiger charge is 2.19. The molecule has 1 unspecified atom stereocenters. The standard InChI is InChI=1S/C28H30FN5O/c29-26-16-21(6-7-22(26)18-30)27-17-28(31-19-20-4-2-1-3-5-20)32-34(27)24-10-8-23(9-11-24)33-14-12-25(35)13-15-33/h1-2,6-11,16-17,20,25,35H,3-5,12-15,19H2,(H,31,32). The molecule has 7 heteroatoms. The van der Waals surface area contributed by atoms with Crippen LogP contribution in [0.15, 0.2) is 60.7 Å². The molecule has 2 N–H and O–H groups in total. The van der Waals surface area contributed by atoms with Crippen molar-refractivity contribution in [3.8, 4) is 23.0 Å². The van der Waals surface area contributed by atoms with Crippen molar-refractivity contribution in [3.63, 3.8) is 0 Å². The zero-order valence-electron chi connectivity index (χ0n) is 19.7. The van der Waals surface area contributed by atoms with Crippen molar-refractivity contribution in [2.75, 3.05) is 29.9 Å². The van der Waals surface area contributed by atoms with E-state index in [0.29, 0.717) is 11.5 Å². The Morgan fingerprint density at radius 3 is 2.49 bits per heavy atom. The van der Waals surface area contributed by atoms with Gasteiger partial charge >= 0.3 is 0 Å². The Balaban J connectivity index is 1.43. The Bertz CT molecular complexity index is 1240. The largest absolute Gasteiger partial charge is 0.393 e. The van der Waals surface area contributed by atoms with Crippen molar-refractivity contribution in [1.29, 1.82) is 5.26 Å². The van der Waals surface area contributed by atoms with Gasteiger partial charge in [0.2, 0.25) is 0 Å². The molecule has 2 aliphatic rings. The summed E-state index contributed by atoms with van der Waals surface area (Å²) in [4.78, 5) is 2.28. The molecule has 2 heterocycles. The topological polar surface area (TPSA) is 77.1 Å². The normalized spacial score (nSPS) is 18.4. The van der Waals surface area contributed by atoms with Crippen LogP contribution in [0.1, 0.15) is 37.7 Å². The zero-order chi connectivity index (χ0) is 24.2. The van der Waals surface area contributed by atoms with E-state index < -0.39 is 5.82 Å². The van der Waals surface area contributed by atoms with Gasteiger partial charge in [-0.1, -0.05) is 18.2 Å². The van der Waals surface area contributed by atoms with Crippen LogP contribution in [-0.4, -0.2) is 40.6 Å². The second-order valence-corrected chi connectivity index (χ2v) is 9.40. The monoisotopic (exact) mass is 471 g/mol. The van der Waals surface area contributed by atoms with Crippen molar-refractivity contribution in [3.05, 3.63) is 72.1 Å². The number of nitrogens with zero attached hydrogens (tertiary/aromatic N) is 4. The summed E-state index contributed by atoms with van der Waals surface area (Å²) in [7, 11) is 0. The average Bonchev–Trinajstić information content (AvgIpc) is 3.33. The predicted octanol–water partition coefficient (Wildman–Crippen LogP) is 5.28. The third-order valence-corrected chi connectivity index (χ3v) is 6.97. The lowest BCUT2D eigenvalue weighted by molar-refractivity contribution is 0.145. The first-order chi connectivity index (χ1) is 17.1.